The minimum Gasteiger partial charge on any atom is -0.309 e. The molecule has 0 radical (unpaired) electrons. The Kier molecular flexibility index (Phi) is 11.9. The van der Waals surface area contributed by atoms with E-state index in [1.54, 1.807) is 13.8 Å². The van der Waals surface area contributed by atoms with Gasteiger partial charge in [-0.15, -0.1) is 0 Å². The molecule has 0 saturated carbocycles. The molecule has 4 heterocycles. The van der Waals surface area contributed by atoms with Crippen LogP contribution in [-0.4, -0.2) is 58.1 Å². The summed E-state index contributed by atoms with van der Waals surface area (Å²) in [6, 6.07) is 10.3. The van der Waals surface area contributed by atoms with Crippen LogP contribution in [0.15, 0.2) is 83.0 Å². The molecular weight excluding hydrogens is 743 g/mol. The number of anilines is 2. The van der Waals surface area contributed by atoms with E-state index in [2.05, 4.69) is 30.6 Å². The fraction of sp³-hybridized carbons (Fsp3) is 0.312. The van der Waals surface area contributed by atoms with E-state index >= 15 is 0 Å². The van der Waals surface area contributed by atoms with Crippen LogP contribution in [0.5, 0.6) is 0 Å². The van der Waals surface area contributed by atoms with Gasteiger partial charge in [0.1, 0.15) is 26.8 Å². The van der Waals surface area contributed by atoms with Crippen molar-refractivity contribution in [3.63, 3.8) is 0 Å². The van der Waals surface area contributed by atoms with Crippen molar-refractivity contribution in [1.29, 1.82) is 0 Å². The van der Waals surface area contributed by atoms with E-state index < -0.39 is 70.4 Å². The number of aryl methyl sites for hydroxylation is 2. The fourth-order valence-electron chi connectivity index (χ4n) is 3.89. The number of rotatable bonds is 8. The van der Waals surface area contributed by atoms with Crippen LogP contribution >= 0.6 is 0 Å². The van der Waals surface area contributed by atoms with Crippen LogP contribution in [-0.2, 0) is 41.6 Å². The van der Waals surface area contributed by atoms with E-state index in [-0.39, 0.29) is 15.6 Å². The van der Waals surface area contributed by atoms with Gasteiger partial charge in [-0.2, -0.15) is 26.3 Å². The zero-order valence-corrected chi connectivity index (χ0v) is 29.9. The summed E-state index contributed by atoms with van der Waals surface area (Å²) in [5.41, 5.74) is -0.966. The summed E-state index contributed by atoms with van der Waals surface area (Å²) >= 11 is 0. The number of alkyl halides is 6. The molecule has 280 valence electrons. The smallest absolute Gasteiger partial charge is 0.309 e. The summed E-state index contributed by atoms with van der Waals surface area (Å²) in [7, 11) is -8.23. The number of halogens is 6. The second-order valence-electron chi connectivity index (χ2n) is 12.0. The van der Waals surface area contributed by atoms with Crippen molar-refractivity contribution in [2.75, 3.05) is 10.6 Å². The summed E-state index contributed by atoms with van der Waals surface area (Å²) in [6.45, 7) is 8.07. The third kappa shape index (κ3) is 9.27. The van der Waals surface area contributed by atoms with E-state index in [1.807, 2.05) is 0 Å². The van der Waals surface area contributed by atoms with Crippen LogP contribution in [0.3, 0.4) is 0 Å². The maximum absolute atomic E-state index is 12.7. The highest BCUT2D eigenvalue weighted by Crippen LogP contribution is 2.31. The highest BCUT2D eigenvalue weighted by Gasteiger charge is 2.44. The number of nitrogens with one attached hydrogen (secondary N) is 2. The standard InChI is InChI=1S/2C16H16F3N3O3S/c1-10-4-6-12(9-20-10)26(24,25)15(2,3)14(23)22-13-7-5-11(8-21-13)16(17,18)19;1-10-7-8-11(9-20-10)26(24,25)15(2,3)14(23)22-13-6-4-5-12(21-13)16(17,18)19/h2*4-9H,1-3H3,(H,21,22,23). The molecule has 0 bridgehead atoms. The molecule has 12 nitrogen and oxygen atoms in total. The lowest BCUT2D eigenvalue weighted by atomic mass is 10.2. The molecule has 0 atom stereocenters. The van der Waals surface area contributed by atoms with Crippen molar-refractivity contribution in [2.45, 2.75) is 73.2 Å². The molecule has 0 spiro atoms. The molecule has 0 aromatic carbocycles. The fourth-order valence-corrected chi connectivity index (χ4v) is 6.54. The zero-order valence-electron chi connectivity index (χ0n) is 28.3. The first-order chi connectivity index (χ1) is 23.7. The van der Waals surface area contributed by atoms with E-state index in [1.165, 1.54) is 38.1 Å². The van der Waals surface area contributed by atoms with Gasteiger partial charge in [0, 0.05) is 30.0 Å². The molecule has 2 N–H and O–H groups in total. The molecule has 4 aromatic rings. The van der Waals surface area contributed by atoms with Gasteiger partial charge in [0.05, 0.1) is 15.4 Å². The second-order valence-corrected chi connectivity index (χ2v) is 17.0. The van der Waals surface area contributed by atoms with Gasteiger partial charge < -0.3 is 10.6 Å². The Morgan fingerprint density at radius 3 is 1.40 bits per heavy atom. The second kappa shape index (κ2) is 14.9. The third-order valence-electron chi connectivity index (χ3n) is 7.44. The number of carbonyl (C=O) groups excluding carboxylic acids is 2. The van der Waals surface area contributed by atoms with Crippen molar-refractivity contribution in [3.05, 3.63) is 95.8 Å². The average molecular weight is 775 g/mol. The van der Waals surface area contributed by atoms with Crippen molar-refractivity contribution >= 4 is 43.1 Å². The predicted molar refractivity (Wildman–Crippen MR) is 176 cm³/mol. The average Bonchev–Trinajstić information content (AvgIpc) is 3.05. The monoisotopic (exact) mass is 774 g/mol. The maximum atomic E-state index is 12.7. The van der Waals surface area contributed by atoms with E-state index in [4.69, 9.17) is 0 Å². The van der Waals surface area contributed by atoms with Crippen molar-refractivity contribution in [3.8, 4) is 0 Å². The molecular formula is C32H32F6N6O6S2. The molecule has 0 aliphatic carbocycles. The number of nitrogens with zero attached hydrogens (tertiary/aromatic N) is 4. The molecule has 0 aliphatic heterocycles. The summed E-state index contributed by atoms with van der Waals surface area (Å²) in [5, 5.41) is 4.36. The summed E-state index contributed by atoms with van der Waals surface area (Å²) in [6.07, 6.45) is -6.41. The van der Waals surface area contributed by atoms with Crippen LogP contribution in [0.4, 0.5) is 38.0 Å². The van der Waals surface area contributed by atoms with Crippen molar-refractivity contribution in [2.24, 2.45) is 0 Å². The Balaban J connectivity index is 0.000000280. The Hall–Kier alpha value is -4.98. The van der Waals surface area contributed by atoms with Gasteiger partial charge in [-0.25, -0.2) is 26.8 Å². The van der Waals surface area contributed by atoms with E-state index in [0.29, 0.717) is 17.6 Å². The number of hydrogen-bond acceptors (Lipinski definition) is 10. The SMILES string of the molecule is Cc1ccc(S(=O)(=O)C(C)(C)C(=O)Nc2ccc(C(F)(F)F)cn2)cn1.Cc1ccc(S(=O)(=O)C(C)(C)C(=O)Nc2cccc(C(F)(F)F)n2)cn1. The Labute approximate surface area is 295 Å². The zero-order chi connectivity index (χ0) is 39.5. The van der Waals surface area contributed by atoms with Crippen molar-refractivity contribution in [1.82, 2.24) is 19.9 Å². The van der Waals surface area contributed by atoms with Crippen LogP contribution in [0.2, 0.25) is 0 Å². The number of carbonyl (C=O) groups is 2. The van der Waals surface area contributed by atoms with Crippen LogP contribution in [0.1, 0.15) is 50.3 Å². The summed E-state index contributed by atoms with van der Waals surface area (Å²) in [4.78, 5) is 39.2. The highest BCUT2D eigenvalue weighted by molar-refractivity contribution is 7.94. The Morgan fingerprint density at radius 2 is 1.04 bits per heavy atom. The predicted octanol–water partition coefficient (Wildman–Crippen LogP) is 5.99. The van der Waals surface area contributed by atoms with Crippen LogP contribution in [0, 0.1) is 13.8 Å². The lowest BCUT2D eigenvalue weighted by Crippen LogP contribution is -2.44. The molecule has 2 amide bonds. The first-order valence-electron chi connectivity index (χ1n) is 14.8. The molecule has 4 aromatic heterocycles. The van der Waals surface area contributed by atoms with Crippen LogP contribution < -0.4 is 10.6 Å². The summed E-state index contributed by atoms with van der Waals surface area (Å²) in [5.74, 6) is -2.52. The molecule has 0 fully saturated rings. The number of amides is 2. The van der Waals surface area contributed by atoms with Gasteiger partial charge in [0.15, 0.2) is 19.7 Å². The van der Waals surface area contributed by atoms with Crippen LogP contribution in [0.25, 0.3) is 0 Å². The Bertz CT molecular complexity index is 2140. The topological polar surface area (TPSA) is 178 Å². The minimum absolute atomic E-state index is 0.136. The van der Waals surface area contributed by atoms with Gasteiger partial charge in [-0.3, -0.25) is 19.6 Å². The highest BCUT2D eigenvalue weighted by atomic mass is 32.2. The molecule has 0 saturated heterocycles. The molecule has 0 unspecified atom stereocenters. The molecule has 0 aliphatic rings. The summed E-state index contributed by atoms with van der Waals surface area (Å²) < 4.78 is 123. The van der Waals surface area contributed by atoms with Gasteiger partial charge >= 0.3 is 12.4 Å². The molecule has 20 heteroatoms. The quantitative estimate of drug-likeness (QED) is 0.202. The maximum Gasteiger partial charge on any atom is 0.433 e. The Morgan fingerprint density at radius 1 is 0.577 bits per heavy atom. The molecule has 4 rings (SSSR count). The largest absolute Gasteiger partial charge is 0.433 e. The lowest BCUT2D eigenvalue weighted by Gasteiger charge is -2.23. The molecule has 52 heavy (non-hydrogen) atoms. The number of aromatic nitrogens is 4. The van der Waals surface area contributed by atoms with Gasteiger partial charge in [-0.05, 0) is 90.1 Å². The lowest BCUT2D eigenvalue weighted by molar-refractivity contribution is -0.141. The van der Waals surface area contributed by atoms with E-state index in [0.717, 1.165) is 56.6 Å². The van der Waals surface area contributed by atoms with Crippen molar-refractivity contribution < 1.29 is 52.8 Å². The first-order valence-corrected chi connectivity index (χ1v) is 17.7. The van der Waals surface area contributed by atoms with Gasteiger partial charge in [0.2, 0.25) is 11.8 Å². The van der Waals surface area contributed by atoms with E-state index in [9.17, 15) is 52.8 Å². The minimum atomic E-state index is -4.68. The first kappa shape index (κ1) is 41.4. The number of pyridine rings is 4. The normalized spacial score (nSPS) is 12.7. The third-order valence-corrected chi connectivity index (χ3v) is 12.2. The van der Waals surface area contributed by atoms with Gasteiger partial charge in [0.25, 0.3) is 0 Å². The number of sulfone groups is 2. The van der Waals surface area contributed by atoms with Gasteiger partial charge in [-0.1, -0.05) is 6.07 Å². The number of hydrogen-bond donors (Lipinski definition) is 2.